The summed E-state index contributed by atoms with van der Waals surface area (Å²) in [5.74, 6) is 0.404. The monoisotopic (exact) mass is 254 g/mol. The molecule has 0 amide bonds. The Morgan fingerprint density at radius 2 is 2.26 bits per heavy atom. The van der Waals surface area contributed by atoms with Crippen molar-refractivity contribution in [1.29, 1.82) is 0 Å². The van der Waals surface area contributed by atoms with Gasteiger partial charge < -0.3 is 0 Å². The van der Waals surface area contributed by atoms with Crippen LogP contribution in [0.1, 0.15) is 36.0 Å². The van der Waals surface area contributed by atoms with Gasteiger partial charge in [-0.05, 0) is 36.5 Å². The van der Waals surface area contributed by atoms with Gasteiger partial charge in [0.05, 0.1) is 6.20 Å². The average molecular weight is 254 g/mol. The number of rotatable bonds is 4. The van der Waals surface area contributed by atoms with Crippen LogP contribution >= 0.6 is 0 Å². The number of Topliss-reactive ketones (excluding diaryl/α,β-unsaturated/α-hetero) is 1. The van der Waals surface area contributed by atoms with Crippen molar-refractivity contribution < 1.29 is 4.79 Å². The minimum Gasteiger partial charge on any atom is -0.299 e. The largest absolute Gasteiger partial charge is 0.299 e. The lowest BCUT2D eigenvalue weighted by molar-refractivity contribution is -0.119. The number of aromatic nitrogens is 2. The summed E-state index contributed by atoms with van der Waals surface area (Å²) >= 11 is 0. The molecular formula is C16H18N2O. The number of nitrogens with zero attached hydrogens (tertiary/aromatic N) is 2. The number of carbonyl (C=O) groups is 1. The molecule has 0 saturated carbocycles. The molecule has 0 fully saturated rings. The molecular weight excluding hydrogens is 236 g/mol. The summed E-state index contributed by atoms with van der Waals surface area (Å²) in [4.78, 5) is 12.4. The Bertz CT molecular complexity index is 600. The van der Waals surface area contributed by atoms with Gasteiger partial charge in [-0.15, -0.1) is 0 Å². The number of carbonyl (C=O) groups excluding carboxylic acids is 1. The molecule has 1 aromatic carbocycles. The molecule has 3 nitrogen and oxygen atoms in total. The van der Waals surface area contributed by atoms with E-state index in [1.165, 1.54) is 11.1 Å². The van der Waals surface area contributed by atoms with Crippen LogP contribution in [0.25, 0.3) is 0 Å². The zero-order valence-electron chi connectivity index (χ0n) is 11.2. The van der Waals surface area contributed by atoms with Crippen LogP contribution in [-0.2, 0) is 24.2 Å². The van der Waals surface area contributed by atoms with E-state index in [1.807, 2.05) is 30.1 Å². The molecule has 1 heterocycles. The van der Waals surface area contributed by atoms with Gasteiger partial charge in [-0.25, -0.2) is 0 Å². The molecule has 1 atom stereocenters. The van der Waals surface area contributed by atoms with Crippen molar-refractivity contribution >= 4 is 5.78 Å². The molecule has 3 rings (SSSR count). The smallest absolute Gasteiger partial charge is 0.144 e. The summed E-state index contributed by atoms with van der Waals surface area (Å²) in [7, 11) is 0. The number of hydrogen-bond acceptors (Lipinski definition) is 2. The van der Waals surface area contributed by atoms with E-state index in [-0.39, 0.29) is 5.92 Å². The molecule has 19 heavy (non-hydrogen) atoms. The minimum atomic E-state index is 0.0844. The highest BCUT2D eigenvalue weighted by molar-refractivity contribution is 5.88. The fourth-order valence-electron chi connectivity index (χ4n) is 2.89. The molecule has 3 heteroatoms. The van der Waals surface area contributed by atoms with E-state index >= 15 is 0 Å². The van der Waals surface area contributed by atoms with Crippen molar-refractivity contribution in [2.24, 2.45) is 0 Å². The van der Waals surface area contributed by atoms with Gasteiger partial charge in [0.25, 0.3) is 0 Å². The van der Waals surface area contributed by atoms with Gasteiger partial charge in [-0.3, -0.25) is 9.48 Å². The van der Waals surface area contributed by atoms with Gasteiger partial charge in [0.15, 0.2) is 0 Å². The van der Waals surface area contributed by atoms with Crippen molar-refractivity contribution in [2.45, 2.75) is 38.6 Å². The number of hydrogen-bond donors (Lipinski definition) is 0. The Morgan fingerprint density at radius 3 is 3.05 bits per heavy atom. The summed E-state index contributed by atoms with van der Waals surface area (Å²) in [5.41, 5.74) is 3.59. The first-order valence-electron chi connectivity index (χ1n) is 6.89. The number of aryl methyl sites for hydroxylation is 2. The van der Waals surface area contributed by atoms with Gasteiger partial charge in [0, 0.05) is 25.1 Å². The first-order chi connectivity index (χ1) is 9.28. The normalized spacial score (nSPS) is 17.4. The highest BCUT2D eigenvalue weighted by atomic mass is 16.1. The van der Waals surface area contributed by atoms with Crippen molar-refractivity contribution in [3.63, 3.8) is 0 Å². The zero-order valence-corrected chi connectivity index (χ0v) is 11.2. The van der Waals surface area contributed by atoms with Crippen molar-refractivity contribution in [3.05, 3.63) is 53.3 Å². The van der Waals surface area contributed by atoms with E-state index < -0.39 is 0 Å². The molecule has 1 aliphatic rings. The van der Waals surface area contributed by atoms with Gasteiger partial charge in [-0.2, -0.15) is 5.10 Å². The molecule has 1 aromatic heterocycles. The lowest BCUT2D eigenvalue weighted by atomic mass is 9.93. The first kappa shape index (κ1) is 12.2. The molecule has 0 aliphatic heterocycles. The fraction of sp³-hybridized carbons (Fsp3) is 0.375. The average Bonchev–Trinajstić information content (AvgIpc) is 3.04. The second-order valence-electron chi connectivity index (χ2n) is 5.14. The quantitative estimate of drug-likeness (QED) is 0.841. The Kier molecular flexibility index (Phi) is 3.20. The van der Waals surface area contributed by atoms with E-state index in [0.29, 0.717) is 12.2 Å². The summed E-state index contributed by atoms with van der Waals surface area (Å²) < 4.78 is 1.87. The van der Waals surface area contributed by atoms with E-state index in [0.717, 1.165) is 24.9 Å². The van der Waals surface area contributed by atoms with Gasteiger partial charge in [0.2, 0.25) is 0 Å². The summed E-state index contributed by atoms with van der Waals surface area (Å²) in [6.45, 7) is 2.90. The molecule has 2 aromatic rings. The molecule has 0 bridgehead atoms. The second-order valence-corrected chi connectivity index (χ2v) is 5.14. The molecule has 1 unspecified atom stereocenters. The second kappa shape index (κ2) is 5.00. The Balaban J connectivity index is 1.75. The van der Waals surface area contributed by atoms with E-state index in [9.17, 15) is 4.79 Å². The Hall–Kier alpha value is -1.90. The minimum absolute atomic E-state index is 0.0844. The maximum atomic E-state index is 12.4. The van der Waals surface area contributed by atoms with Crippen molar-refractivity contribution in [3.8, 4) is 0 Å². The Labute approximate surface area is 113 Å². The lowest BCUT2D eigenvalue weighted by Gasteiger charge is -2.09. The third-order valence-electron chi connectivity index (χ3n) is 3.91. The van der Waals surface area contributed by atoms with E-state index in [4.69, 9.17) is 0 Å². The number of fused-ring (bicyclic) bond motifs is 1. The number of benzene rings is 1. The maximum absolute atomic E-state index is 12.4. The van der Waals surface area contributed by atoms with Crippen LogP contribution in [0, 0.1) is 0 Å². The molecule has 0 N–H and O–H groups in total. The topological polar surface area (TPSA) is 34.9 Å². The van der Waals surface area contributed by atoms with Crippen LogP contribution in [0.2, 0.25) is 0 Å². The summed E-state index contributed by atoms with van der Waals surface area (Å²) in [6.07, 6.45) is 6.26. The first-order valence-corrected chi connectivity index (χ1v) is 6.89. The summed E-state index contributed by atoms with van der Waals surface area (Å²) in [5, 5.41) is 4.22. The third kappa shape index (κ3) is 2.33. The molecule has 0 radical (unpaired) electrons. The van der Waals surface area contributed by atoms with Crippen LogP contribution in [-0.4, -0.2) is 15.6 Å². The van der Waals surface area contributed by atoms with Gasteiger partial charge in [-0.1, -0.05) is 24.3 Å². The van der Waals surface area contributed by atoms with Gasteiger partial charge >= 0.3 is 0 Å². The van der Waals surface area contributed by atoms with E-state index in [2.05, 4.69) is 23.3 Å². The van der Waals surface area contributed by atoms with Crippen molar-refractivity contribution in [2.75, 3.05) is 0 Å². The van der Waals surface area contributed by atoms with Crippen LogP contribution in [0.3, 0.4) is 0 Å². The summed E-state index contributed by atoms with van der Waals surface area (Å²) in [6, 6.07) is 8.31. The zero-order chi connectivity index (χ0) is 13.2. The predicted octanol–water partition coefficient (Wildman–Crippen LogP) is 2.74. The molecule has 0 saturated heterocycles. The standard InChI is InChI=1S/C16H18N2O/c1-2-18-11-12(10-17-18)9-16(19)15-8-7-13-5-3-4-6-14(13)15/h3-6,10-11,15H,2,7-9H2,1H3. The van der Waals surface area contributed by atoms with Crippen molar-refractivity contribution in [1.82, 2.24) is 9.78 Å². The highest BCUT2D eigenvalue weighted by Gasteiger charge is 2.27. The molecule has 98 valence electrons. The lowest BCUT2D eigenvalue weighted by Crippen LogP contribution is -2.12. The van der Waals surface area contributed by atoms with Crippen LogP contribution in [0.5, 0.6) is 0 Å². The molecule has 0 spiro atoms. The maximum Gasteiger partial charge on any atom is 0.144 e. The van der Waals surface area contributed by atoms with E-state index in [1.54, 1.807) is 0 Å². The van der Waals surface area contributed by atoms with Crippen LogP contribution in [0.4, 0.5) is 0 Å². The fourth-order valence-corrected chi connectivity index (χ4v) is 2.89. The highest BCUT2D eigenvalue weighted by Crippen LogP contribution is 2.34. The van der Waals surface area contributed by atoms with Crippen LogP contribution < -0.4 is 0 Å². The molecule has 1 aliphatic carbocycles. The SMILES string of the molecule is CCn1cc(CC(=O)C2CCc3ccccc32)cn1. The Morgan fingerprint density at radius 1 is 1.42 bits per heavy atom. The predicted molar refractivity (Wildman–Crippen MR) is 74.1 cm³/mol. The van der Waals surface area contributed by atoms with Crippen LogP contribution in [0.15, 0.2) is 36.7 Å². The number of ketones is 1. The van der Waals surface area contributed by atoms with Gasteiger partial charge in [0.1, 0.15) is 5.78 Å². The third-order valence-corrected chi connectivity index (χ3v) is 3.91.